The summed E-state index contributed by atoms with van der Waals surface area (Å²) in [6.45, 7) is 2.66. The molecule has 1 saturated carbocycles. The van der Waals surface area contributed by atoms with Gasteiger partial charge in [0.1, 0.15) is 5.82 Å². The molecule has 0 radical (unpaired) electrons. The van der Waals surface area contributed by atoms with Crippen molar-refractivity contribution >= 4 is 17.6 Å². The molecule has 104 valence electrons. The van der Waals surface area contributed by atoms with Gasteiger partial charge in [-0.15, -0.1) is 0 Å². The summed E-state index contributed by atoms with van der Waals surface area (Å²) in [6, 6.07) is 4.96. The summed E-state index contributed by atoms with van der Waals surface area (Å²) >= 11 is 6.01. The Morgan fingerprint density at radius 1 is 1.53 bits per heavy atom. The average molecular weight is 286 g/mol. The van der Waals surface area contributed by atoms with Crippen molar-refractivity contribution in [1.29, 1.82) is 0 Å². The summed E-state index contributed by atoms with van der Waals surface area (Å²) < 4.78 is 18.7. The largest absolute Gasteiger partial charge is 0.465 e. The van der Waals surface area contributed by atoms with Crippen LogP contribution in [0, 0.1) is 5.82 Å². The van der Waals surface area contributed by atoms with E-state index in [4.69, 9.17) is 16.3 Å². The third-order valence-electron chi connectivity index (χ3n) is 3.12. The van der Waals surface area contributed by atoms with E-state index >= 15 is 0 Å². The van der Waals surface area contributed by atoms with Gasteiger partial charge in [-0.05, 0) is 31.9 Å². The monoisotopic (exact) mass is 285 g/mol. The number of hydrogen-bond acceptors (Lipinski definition) is 3. The second-order valence-corrected chi connectivity index (χ2v) is 5.05. The molecule has 1 aliphatic rings. The van der Waals surface area contributed by atoms with Gasteiger partial charge < -0.3 is 4.74 Å². The first-order chi connectivity index (χ1) is 9.11. The van der Waals surface area contributed by atoms with E-state index in [9.17, 15) is 9.18 Å². The number of nitrogens with zero attached hydrogens (tertiary/aromatic N) is 1. The van der Waals surface area contributed by atoms with E-state index in [0.29, 0.717) is 29.8 Å². The lowest BCUT2D eigenvalue weighted by Gasteiger charge is -2.21. The normalized spacial score (nSPS) is 14.7. The van der Waals surface area contributed by atoms with Crippen LogP contribution in [0.2, 0.25) is 5.02 Å². The number of rotatable bonds is 6. The maximum Gasteiger partial charge on any atom is 0.320 e. The number of benzene rings is 1. The van der Waals surface area contributed by atoms with Crippen LogP contribution >= 0.6 is 11.6 Å². The zero-order chi connectivity index (χ0) is 13.8. The fraction of sp³-hybridized carbons (Fsp3) is 0.500. The van der Waals surface area contributed by atoms with E-state index in [2.05, 4.69) is 0 Å². The fourth-order valence-corrected chi connectivity index (χ4v) is 2.24. The lowest BCUT2D eigenvalue weighted by molar-refractivity contribution is -0.144. The smallest absolute Gasteiger partial charge is 0.320 e. The fourth-order valence-electron chi connectivity index (χ4n) is 2.01. The molecule has 0 spiro atoms. The molecule has 1 aliphatic carbocycles. The first-order valence-corrected chi connectivity index (χ1v) is 6.82. The number of carbonyl (C=O) groups is 1. The van der Waals surface area contributed by atoms with Crippen LogP contribution in [0.1, 0.15) is 25.3 Å². The zero-order valence-electron chi connectivity index (χ0n) is 10.9. The first-order valence-electron chi connectivity index (χ1n) is 6.44. The molecule has 0 unspecified atom stereocenters. The number of carbonyl (C=O) groups excluding carboxylic acids is 1. The third kappa shape index (κ3) is 3.91. The Kier molecular flexibility index (Phi) is 4.77. The van der Waals surface area contributed by atoms with E-state index in [1.165, 1.54) is 6.07 Å². The van der Waals surface area contributed by atoms with Crippen LogP contribution < -0.4 is 0 Å². The molecule has 19 heavy (non-hydrogen) atoms. The minimum absolute atomic E-state index is 0.184. The molecule has 0 aliphatic heterocycles. The minimum atomic E-state index is -0.331. The maximum atomic E-state index is 13.8. The molecule has 1 aromatic rings. The second kappa shape index (κ2) is 6.35. The summed E-state index contributed by atoms with van der Waals surface area (Å²) in [5.41, 5.74) is 0.445. The lowest BCUT2D eigenvalue weighted by Crippen LogP contribution is -2.32. The molecule has 0 N–H and O–H groups in total. The van der Waals surface area contributed by atoms with Gasteiger partial charge in [-0.25, -0.2) is 4.39 Å². The van der Waals surface area contributed by atoms with Crippen LogP contribution in [0.15, 0.2) is 18.2 Å². The summed E-state index contributed by atoms with van der Waals surface area (Å²) in [4.78, 5) is 13.5. The minimum Gasteiger partial charge on any atom is -0.465 e. The van der Waals surface area contributed by atoms with E-state index in [1.807, 2.05) is 4.90 Å². The number of ether oxygens (including phenoxy) is 1. The van der Waals surface area contributed by atoms with Gasteiger partial charge in [0, 0.05) is 23.2 Å². The molecule has 0 atom stereocenters. The summed E-state index contributed by atoms with van der Waals surface area (Å²) in [7, 11) is 0. The second-order valence-electron chi connectivity index (χ2n) is 4.64. The first kappa shape index (κ1) is 14.3. The van der Waals surface area contributed by atoms with E-state index in [0.717, 1.165) is 12.8 Å². The lowest BCUT2D eigenvalue weighted by atomic mass is 10.2. The van der Waals surface area contributed by atoms with Crippen molar-refractivity contribution < 1.29 is 13.9 Å². The van der Waals surface area contributed by atoms with Crippen LogP contribution in [0.5, 0.6) is 0 Å². The maximum absolute atomic E-state index is 13.8. The van der Waals surface area contributed by atoms with Crippen molar-refractivity contribution in [2.45, 2.75) is 32.4 Å². The van der Waals surface area contributed by atoms with Crippen LogP contribution in [-0.4, -0.2) is 30.1 Å². The van der Waals surface area contributed by atoms with E-state index in [-0.39, 0.29) is 18.3 Å². The molecule has 5 heteroatoms. The number of halogens is 2. The molecule has 1 aromatic carbocycles. The van der Waals surface area contributed by atoms with Gasteiger partial charge in [0.2, 0.25) is 0 Å². The topological polar surface area (TPSA) is 29.5 Å². The Morgan fingerprint density at radius 3 is 2.84 bits per heavy atom. The SMILES string of the molecule is CCOC(=O)CN(Cc1c(F)cccc1Cl)C1CC1. The van der Waals surface area contributed by atoms with Gasteiger partial charge in [0.25, 0.3) is 0 Å². The Morgan fingerprint density at radius 2 is 2.26 bits per heavy atom. The molecule has 3 nitrogen and oxygen atoms in total. The number of hydrogen-bond donors (Lipinski definition) is 0. The highest BCUT2D eigenvalue weighted by atomic mass is 35.5. The van der Waals surface area contributed by atoms with Gasteiger partial charge in [-0.2, -0.15) is 0 Å². The highest BCUT2D eigenvalue weighted by Gasteiger charge is 2.31. The summed E-state index contributed by atoms with van der Waals surface area (Å²) in [6.07, 6.45) is 2.07. The average Bonchev–Trinajstić information content (AvgIpc) is 3.17. The van der Waals surface area contributed by atoms with Crippen molar-refractivity contribution in [3.05, 3.63) is 34.6 Å². The number of esters is 1. The molecule has 0 amide bonds. The van der Waals surface area contributed by atoms with E-state index < -0.39 is 0 Å². The summed E-state index contributed by atoms with van der Waals surface area (Å²) in [5, 5.41) is 0.398. The molecular formula is C14H17ClFNO2. The molecule has 0 heterocycles. The predicted molar refractivity (Wildman–Crippen MR) is 71.5 cm³/mol. The van der Waals surface area contributed by atoms with Crippen LogP contribution in [-0.2, 0) is 16.1 Å². The molecule has 0 aromatic heterocycles. The molecule has 0 bridgehead atoms. The Balaban J connectivity index is 2.06. The Labute approximate surface area is 117 Å². The van der Waals surface area contributed by atoms with Crippen LogP contribution in [0.4, 0.5) is 4.39 Å². The Hall–Kier alpha value is -1.13. The molecular weight excluding hydrogens is 269 g/mol. The molecule has 1 fully saturated rings. The summed E-state index contributed by atoms with van der Waals surface area (Å²) in [5.74, 6) is -0.608. The van der Waals surface area contributed by atoms with Crippen molar-refractivity contribution in [2.75, 3.05) is 13.2 Å². The molecule has 2 rings (SSSR count). The zero-order valence-corrected chi connectivity index (χ0v) is 11.6. The highest BCUT2D eigenvalue weighted by Crippen LogP contribution is 2.30. The van der Waals surface area contributed by atoms with E-state index in [1.54, 1.807) is 19.1 Å². The van der Waals surface area contributed by atoms with Crippen LogP contribution in [0.25, 0.3) is 0 Å². The quantitative estimate of drug-likeness (QED) is 0.753. The van der Waals surface area contributed by atoms with Gasteiger partial charge in [-0.1, -0.05) is 17.7 Å². The Bertz CT molecular complexity index is 443. The standard InChI is InChI=1S/C14H17ClFNO2/c1-2-19-14(18)9-17(10-6-7-10)8-11-12(15)4-3-5-13(11)16/h3-5,10H,2,6-9H2,1H3. The van der Waals surface area contributed by atoms with Gasteiger partial charge >= 0.3 is 5.97 Å². The highest BCUT2D eigenvalue weighted by molar-refractivity contribution is 6.31. The third-order valence-corrected chi connectivity index (χ3v) is 3.48. The predicted octanol–water partition coefficient (Wildman–Crippen LogP) is 3.01. The van der Waals surface area contributed by atoms with Crippen molar-refractivity contribution in [3.8, 4) is 0 Å². The van der Waals surface area contributed by atoms with Gasteiger partial charge in [0.05, 0.1) is 13.2 Å². The van der Waals surface area contributed by atoms with Gasteiger partial charge in [-0.3, -0.25) is 9.69 Å². The van der Waals surface area contributed by atoms with Crippen LogP contribution in [0.3, 0.4) is 0 Å². The van der Waals surface area contributed by atoms with Crippen molar-refractivity contribution in [3.63, 3.8) is 0 Å². The van der Waals surface area contributed by atoms with Crippen molar-refractivity contribution in [1.82, 2.24) is 4.90 Å². The van der Waals surface area contributed by atoms with Gasteiger partial charge in [0.15, 0.2) is 0 Å². The van der Waals surface area contributed by atoms with Crippen molar-refractivity contribution in [2.24, 2.45) is 0 Å². The molecule has 0 saturated heterocycles.